The fraction of sp³-hybridized carbons (Fsp3) is 0.350. The lowest BCUT2D eigenvalue weighted by Gasteiger charge is -2.34. The number of hydrogen-bond acceptors (Lipinski definition) is 2. The SMILES string of the molecule is Cc1ccc(F)c(NC(=O)N2CCC(C(O)c3ccccc3)CC2)c1. The van der Waals surface area contributed by atoms with Gasteiger partial charge in [0, 0.05) is 13.1 Å². The lowest BCUT2D eigenvalue weighted by molar-refractivity contribution is 0.0683. The van der Waals surface area contributed by atoms with E-state index < -0.39 is 11.9 Å². The van der Waals surface area contributed by atoms with E-state index in [0.29, 0.717) is 13.1 Å². The Kier molecular flexibility index (Phi) is 5.34. The van der Waals surface area contributed by atoms with Gasteiger partial charge in [-0.05, 0) is 48.9 Å². The average molecular weight is 342 g/mol. The van der Waals surface area contributed by atoms with Gasteiger partial charge in [0.25, 0.3) is 0 Å². The van der Waals surface area contributed by atoms with E-state index in [2.05, 4.69) is 5.32 Å². The van der Waals surface area contributed by atoms with E-state index in [-0.39, 0.29) is 17.6 Å². The number of carbonyl (C=O) groups excluding carboxylic acids is 1. The Morgan fingerprint density at radius 2 is 1.88 bits per heavy atom. The third kappa shape index (κ3) is 4.17. The quantitative estimate of drug-likeness (QED) is 0.882. The highest BCUT2D eigenvalue weighted by atomic mass is 19.1. The Balaban J connectivity index is 1.56. The van der Waals surface area contributed by atoms with Crippen molar-refractivity contribution in [2.45, 2.75) is 25.9 Å². The molecule has 0 spiro atoms. The van der Waals surface area contributed by atoms with Gasteiger partial charge in [0.05, 0.1) is 11.8 Å². The van der Waals surface area contributed by atoms with Gasteiger partial charge in [0.15, 0.2) is 0 Å². The first-order valence-corrected chi connectivity index (χ1v) is 8.59. The Bertz CT molecular complexity index is 728. The van der Waals surface area contributed by atoms with Crippen LogP contribution in [-0.2, 0) is 0 Å². The van der Waals surface area contributed by atoms with Crippen LogP contribution in [0.4, 0.5) is 14.9 Å². The fourth-order valence-electron chi connectivity index (χ4n) is 3.27. The zero-order valence-electron chi connectivity index (χ0n) is 14.3. The van der Waals surface area contributed by atoms with Gasteiger partial charge in [0.2, 0.25) is 0 Å². The van der Waals surface area contributed by atoms with E-state index in [1.54, 1.807) is 17.0 Å². The highest BCUT2D eigenvalue weighted by Gasteiger charge is 2.28. The zero-order chi connectivity index (χ0) is 17.8. The van der Waals surface area contributed by atoms with Crippen molar-refractivity contribution in [1.82, 2.24) is 4.90 Å². The molecule has 0 radical (unpaired) electrons. The number of halogens is 1. The van der Waals surface area contributed by atoms with Crippen molar-refractivity contribution in [2.75, 3.05) is 18.4 Å². The number of benzene rings is 2. The second-order valence-electron chi connectivity index (χ2n) is 6.59. The lowest BCUT2D eigenvalue weighted by Crippen LogP contribution is -2.42. The molecule has 2 amide bonds. The largest absolute Gasteiger partial charge is 0.388 e. The van der Waals surface area contributed by atoms with Gasteiger partial charge in [0.1, 0.15) is 5.82 Å². The third-order valence-corrected chi connectivity index (χ3v) is 4.78. The molecular weight excluding hydrogens is 319 g/mol. The molecule has 0 aliphatic carbocycles. The molecule has 1 atom stereocenters. The van der Waals surface area contributed by atoms with Crippen molar-refractivity contribution in [2.24, 2.45) is 5.92 Å². The van der Waals surface area contributed by atoms with Crippen molar-refractivity contribution < 1.29 is 14.3 Å². The van der Waals surface area contributed by atoms with Crippen LogP contribution in [0.5, 0.6) is 0 Å². The first kappa shape index (κ1) is 17.4. The number of urea groups is 1. The minimum atomic E-state index is -0.513. The smallest absolute Gasteiger partial charge is 0.321 e. The van der Waals surface area contributed by atoms with E-state index in [0.717, 1.165) is 24.0 Å². The molecule has 1 heterocycles. The van der Waals surface area contributed by atoms with E-state index in [9.17, 15) is 14.3 Å². The maximum atomic E-state index is 13.8. The molecule has 1 aliphatic rings. The Morgan fingerprint density at radius 3 is 2.56 bits per heavy atom. The Hall–Kier alpha value is -2.40. The van der Waals surface area contributed by atoms with Crippen molar-refractivity contribution in [3.8, 4) is 0 Å². The van der Waals surface area contributed by atoms with E-state index >= 15 is 0 Å². The normalized spacial score (nSPS) is 16.5. The molecule has 0 saturated carbocycles. The maximum Gasteiger partial charge on any atom is 0.321 e. The van der Waals surface area contributed by atoms with Crippen LogP contribution >= 0.6 is 0 Å². The number of aliphatic hydroxyl groups excluding tert-OH is 1. The number of nitrogens with zero attached hydrogens (tertiary/aromatic N) is 1. The van der Waals surface area contributed by atoms with Gasteiger partial charge >= 0.3 is 6.03 Å². The van der Waals surface area contributed by atoms with Crippen molar-refractivity contribution >= 4 is 11.7 Å². The molecule has 5 heteroatoms. The van der Waals surface area contributed by atoms with Crippen LogP contribution in [0.2, 0.25) is 0 Å². The van der Waals surface area contributed by atoms with Gasteiger partial charge < -0.3 is 15.3 Å². The van der Waals surface area contributed by atoms with Crippen LogP contribution < -0.4 is 5.32 Å². The topological polar surface area (TPSA) is 52.6 Å². The molecular formula is C20H23FN2O2. The van der Waals surface area contributed by atoms with Gasteiger partial charge in [-0.2, -0.15) is 0 Å². The molecule has 132 valence electrons. The molecule has 2 aromatic carbocycles. The molecule has 1 unspecified atom stereocenters. The summed E-state index contributed by atoms with van der Waals surface area (Å²) in [6, 6.07) is 13.9. The molecule has 1 aliphatic heterocycles. The Morgan fingerprint density at radius 1 is 1.20 bits per heavy atom. The number of carbonyl (C=O) groups is 1. The van der Waals surface area contributed by atoms with Crippen LogP contribution in [0.25, 0.3) is 0 Å². The van der Waals surface area contributed by atoms with Crippen LogP contribution in [0.1, 0.15) is 30.1 Å². The minimum Gasteiger partial charge on any atom is -0.388 e. The van der Waals surface area contributed by atoms with E-state index in [1.165, 1.54) is 6.07 Å². The number of aryl methyl sites for hydroxylation is 1. The van der Waals surface area contributed by atoms with Crippen LogP contribution in [0.3, 0.4) is 0 Å². The van der Waals surface area contributed by atoms with Gasteiger partial charge in [-0.15, -0.1) is 0 Å². The zero-order valence-corrected chi connectivity index (χ0v) is 14.3. The molecule has 0 aromatic heterocycles. The number of hydrogen-bond donors (Lipinski definition) is 2. The van der Waals surface area contributed by atoms with Crippen LogP contribution in [0.15, 0.2) is 48.5 Å². The predicted octanol–water partition coefficient (Wildman–Crippen LogP) is 4.11. The first-order chi connectivity index (χ1) is 12.0. The van der Waals surface area contributed by atoms with Gasteiger partial charge in [-0.25, -0.2) is 9.18 Å². The summed E-state index contributed by atoms with van der Waals surface area (Å²) in [6.45, 7) is 2.95. The average Bonchev–Trinajstić information content (AvgIpc) is 2.65. The van der Waals surface area contributed by atoms with Gasteiger partial charge in [-0.3, -0.25) is 0 Å². The summed E-state index contributed by atoms with van der Waals surface area (Å²) in [7, 11) is 0. The van der Waals surface area contributed by atoms with E-state index in [1.807, 2.05) is 37.3 Å². The summed E-state index contributed by atoms with van der Waals surface area (Å²) < 4.78 is 13.8. The third-order valence-electron chi connectivity index (χ3n) is 4.78. The molecule has 3 rings (SSSR count). The minimum absolute atomic E-state index is 0.127. The van der Waals surface area contributed by atoms with Crippen LogP contribution in [-0.4, -0.2) is 29.1 Å². The highest BCUT2D eigenvalue weighted by molar-refractivity contribution is 5.89. The molecule has 4 nitrogen and oxygen atoms in total. The summed E-state index contributed by atoms with van der Waals surface area (Å²) in [4.78, 5) is 14.0. The molecule has 0 bridgehead atoms. The summed E-state index contributed by atoms with van der Waals surface area (Å²) in [5, 5.41) is 13.1. The van der Waals surface area contributed by atoms with Crippen molar-refractivity contribution in [3.63, 3.8) is 0 Å². The molecule has 1 saturated heterocycles. The monoisotopic (exact) mass is 342 g/mol. The van der Waals surface area contributed by atoms with E-state index in [4.69, 9.17) is 0 Å². The molecule has 2 aromatic rings. The lowest BCUT2D eigenvalue weighted by atomic mass is 9.87. The number of amides is 2. The number of anilines is 1. The second-order valence-corrected chi connectivity index (χ2v) is 6.59. The Labute approximate surface area is 147 Å². The standard InChI is InChI=1S/C20H23FN2O2/c1-14-7-8-17(21)18(13-14)22-20(25)23-11-9-16(10-12-23)19(24)15-5-3-2-4-6-15/h2-8,13,16,19,24H,9-12H2,1H3,(H,22,25). The fourth-order valence-corrected chi connectivity index (χ4v) is 3.27. The number of likely N-dealkylation sites (tertiary alicyclic amines) is 1. The maximum absolute atomic E-state index is 13.8. The van der Waals surface area contributed by atoms with Crippen molar-refractivity contribution in [3.05, 3.63) is 65.5 Å². The number of nitrogens with one attached hydrogen (secondary N) is 1. The molecule has 25 heavy (non-hydrogen) atoms. The summed E-state index contributed by atoms with van der Waals surface area (Å²) in [6.07, 6.45) is 0.931. The predicted molar refractivity (Wildman–Crippen MR) is 95.9 cm³/mol. The van der Waals surface area contributed by atoms with Crippen molar-refractivity contribution in [1.29, 1.82) is 0 Å². The first-order valence-electron chi connectivity index (χ1n) is 8.59. The number of piperidine rings is 1. The van der Waals surface area contributed by atoms with Crippen LogP contribution in [0, 0.1) is 18.7 Å². The number of rotatable bonds is 3. The summed E-state index contributed by atoms with van der Waals surface area (Å²) >= 11 is 0. The second kappa shape index (κ2) is 7.66. The molecule has 1 fully saturated rings. The molecule has 2 N–H and O–H groups in total. The van der Waals surface area contributed by atoms with Gasteiger partial charge in [-0.1, -0.05) is 36.4 Å². The summed E-state index contributed by atoms with van der Waals surface area (Å²) in [5.41, 5.74) is 2.00. The number of aliphatic hydroxyl groups is 1. The highest BCUT2D eigenvalue weighted by Crippen LogP contribution is 2.30. The summed E-state index contributed by atoms with van der Waals surface area (Å²) in [5.74, 6) is -0.310.